The highest BCUT2D eigenvalue weighted by Crippen LogP contribution is 2.21. The van der Waals surface area contributed by atoms with Gasteiger partial charge in [0.1, 0.15) is 6.04 Å². The number of carbonyl (C=O) groups is 4. The number of benzene rings is 2. The minimum atomic E-state index is -1.18. The molecule has 1 aliphatic heterocycles. The second-order valence-corrected chi connectivity index (χ2v) is 7.67. The van der Waals surface area contributed by atoms with Gasteiger partial charge in [0.2, 0.25) is 17.7 Å². The third-order valence-electron chi connectivity index (χ3n) is 4.93. The topological polar surface area (TPSA) is 122 Å². The Morgan fingerprint density at radius 3 is 2.32 bits per heavy atom. The van der Waals surface area contributed by atoms with E-state index in [1.54, 1.807) is 53.4 Å². The molecule has 0 spiro atoms. The molecule has 9 heteroatoms. The van der Waals surface area contributed by atoms with Gasteiger partial charge in [-0.1, -0.05) is 11.6 Å². The first-order chi connectivity index (χ1) is 14.8. The van der Waals surface area contributed by atoms with E-state index in [9.17, 15) is 19.2 Å². The van der Waals surface area contributed by atoms with Gasteiger partial charge >= 0.3 is 0 Å². The summed E-state index contributed by atoms with van der Waals surface area (Å²) in [7, 11) is 0. The molecule has 31 heavy (non-hydrogen) atoms. The number of nitrogens with zero attached hydrogens (tertiary/aromatic N) is 1. The normalized spacial score (nSPS) is 14.6. The van der Waals surface area contributed by atoms with Gasteiger partial charge < -0.3 is 21.3 Å². The first-order valence-corrected chi connectivity index (χ1v) is 10.3. The minimum absolute atomic E-state index is 0.0592. The number of hydrogen-bond donors (Lipinski definition) is 3. The first kappa shape index (κ1) is 22.3. The lowest BCUT2D eigenvalue weighted by molar-refractivity contribution is -0.124. The molecular weight excluding hydrogens is 420 g/mol. The van der Waals surface area contributed by atoms with Gasteiger partial charge in [0.05, 0.1) is 6.42 Å². The molecule has 1 atom stereocenters. The number of carbonyl (C=O) groups excluding carboxylic acids is 4. The molecule has 1 aliphatic rings. The van der Waals surface area contributed by atoms with Crippen molar-refractivity contribution in [2.24, 2.45) is 5.73 Å². The summed E-state index contributed by atoms with van der Waals surface area (Å²) in [5.41, 5.74) is 6.88. The van der Waals surface area contributed by atoms with Crippen LogP contribution in [0.25, 0.3) is 0 Å². The van der Waals surface area contributed by atoms with Gasteiger partial charge in [-0.05, 0) is 61.4 Å². The van der Waals surface area contributed by atoms with Gasteiger partial charge in [-0.3, -0.25) is 19.2 Å². The molecule has 1 heterocycles. The fourth-order valence-electron chi connectivity index (χ4n) is 3.27. The van der Waals surface area contributed by atoms with Crippen LogP contribution in [0.15, 0.2) is 48.5 Å². The lowest BCUT2D eigenvalue weighted by Gasteiger charge is -2.26. The SMILES string of the molecule is NC(=O)[C@H](CC(=O)Nc1ccc(Cl)cc1)NC(=O)c1ccc(N2CCCCC2=O)cc1. The molecule has 0 aliphatic carbocycles. The van der Waals surface area contributed by atoms with E-state index in [4.69, 9.17) is 17.3 Å². The summed E-state index contributed by atoms with van der Waals surface area (Å²) in [6.45, 7) is 0.650. The summed E-state index contributed by atoms with van der Waals surface area (Å²) in [4.78, 5) is 50.3. The van der Waals surface area contributed by atoms with Crippen molar-refractivity contribution in [2.45, 2.75) is 31.7 Å². The Labute approximate surface area is 184 Å². The highest BCUT2D eigenvalue weighted by atomic mass is 35.5. The second kappa shape index (κ2) is 10.1. The molecule has 8 nitrogen and oxygen atoms in total. The van der Waals surface area contributed by atoms with E-state index in [-0.39, 0.29) is 17.9 Å². The smallest absolute Gasteiger partial charge is 0.251 e. The average molecular weight is 443 g/mol. The number of amides is 4. The Hall–Kier alpha value is -3.39. The number of primary amides is 1. The molecule has 2 aromatic rings. The molecule has 0 bridgehead atoms. The number of nitrogens with two attached hydrogens (primary N) is 1. The molecule has 1 fully saturated rings. The van der Waals surface area contributed by atoms with Gasteiger partial charge in [0, 0.05) is 34.9 Å². The minimum Gasteiger partial charge on any atom is -0.368 e. The third-order valence-corrected chi connectivity index (χ3v) is 5.18. The van der Waals surface area contributed by atoms with E-state index in [2.05, 4.69) is 10.6 Å². The zero-order chi connectivity index (χ0) is 22.4. The van der Waals surface area contributed by atoms with Crippen LogP contribution in [-0.4, -0.2) is 36.2 Å². The summed E-state index contributed by atoms with van der Waals surface area (Å²) in [6.07, 6.45) is 2.02. The van der Waals surface area contributed by atoms with Crippen LogP contribution in [0, 0.1) is 0 Å². The first-order valence-electron chi connectivity index (χ1n) is 9.89. The fourth-order valence-corrected chi connectivity index (χ4v) is 3.39. The monoisotopic (exact) mass is 442 g/mol. The van der Waals surface area contributed by atoms with Crippen molar-refractivity contribution < 1.29 is 19.2 Å². The zero-order valence-corrected chi connectivity index (χ0v) is 17.5. The number of anilines is 2. The van der Waals surface area contributed by atoms with E-state index >= 15 is 0 Å². The molecule has 1 saturated heterocycles. The summed E-state index contributed by atoms with van der Waals surface area (Å²) in [6, 6.07) is 11.8. The quantitative estimate of drug-likeness (QED) is 0.609. The summed E-state index contributed by atoms with van der Waals surface area (Å²) >= 11 is 5.81. The predicted octanol–water partition coefficient (Wildman–Crippen LogP) is 2.47. The molecule has 0 radical (unpaired) electrons. The van der Waals surface area contributed by atoms with Crippen molar-refractivity contribution in [2.75, 3.05) is 16.8 Å². The molecule has 2 aromatic carbocycles. The molecule has 0 unspecified atom stereocenters. The summed E-state index contributed by atoms with van der Waals surface area (Å²) in [5.74, 6) is -1.79. The van der Waals surface area contributed by atoms with Crippen molar-refractivity contribution in [1.82, 2.24) is 5.32 Å². The van der Waals surface area contributed by atoms with Crippen LogP contribution >= 0.6 is 11.6 Å². The Balaban J connectivity index is 1.60. The van der Waals surface area contributed by atoms with Crippen molar-refractivity contribution in [3.63, 3.8) is 0 Å². The second-order valence-electron chi connectivity index (χ2n) is 7.24. The van der Waals surface area contributed by atoms with Gasteiger partial charge in [-0.2, -0.15) is 0 Å². The summed E-state index contributed by atoms with van der Waals surface area (Å²) < 4.78 is 0. The molecule has 3 rings (SSSR count). The highest BCUT2D eigenvalue weighted by molar-refractivity contribution is 6.30. The lowest BCUT2D eigenvalue weighted by atomic mass is 10.1. The standard InChI is InChI=1S/C22H23ClN4O4/c23-15-6-8-16(9-7-15)25-19(28)13-18(21(24)30)26-22(31)14-4-10-17(11-5-14)27-12-2-1-3-20(27)29/h4-11,18H,1-3,12-13H2,(H2,24,30)(H,25,28)(H,26,31)/t18-/m0/s1. The van der Waals surface area contributed by atoms with Crippen LogP contribution in [-0.2, 0) is 14.4 Å². The molecule has 162 valence electrons. The maximum Gasteiger partial charge on any atom is 0.251 e. The Morgan fingerprint density at radius 1 is 1.03 bits per heavy atom. The number of halogens is 1. The molecule has 4 amide bonds. The molecule has 0 saturated carbocycles. The molecule has 0 aromatic heterocycles. The Kier molecular flexibility index (Phi) is 7.25. The molecular formula is C22H23ClN4O4. The predicted molar refractivity (Wildman–Crippen MR) is 118 cm³/mol. The number of nitrogens with one attached hydrogen (secondary N) is 2. The maximum atomic E-state index is 12.5. The average Bonchev–Trinajstić information content (AvgIpc) is 2.75. The van der Waals surface area contributed by atoms with Crippen LogP contribution in [0.1, 0.15) is 36.0 Å². The van der Waals surface area contributed by atoms with Crippen LogP contribution in [0.5, 0.6) is 0 Å². The van der Waals surface area contributed by atoms with Crippen molar-refractivity contribution in [3.05, 3.63) is 59.1 Å². The van der Waals surface area contributed by atoms with Gasteiger partial charge in [0.25, 0.3) is 5.91 Å². The molecule has 4 N–H and O–H groups in total. The largest absolute Gasteiger partial charge is 0.368 e. The Morgan fingerprint density at radius 2 is 1.71 bits per heavy atom. The fraction of sp³-hybridized carbons (Fsp3) is 0.273. The van der Waals surface area contributed by atoms with Gasteiger partial charge in [-0.15, -0.1) is 0 Å². The summed E-state index contributed by atoms with van der Waals surface area (Å²) in [5, 5.41) is 5.64. The number of rotatable bonds is 7. The van der Waals surface area contributed by atoms with E-state index in [1.807, 2.05) is 0 Å². The van der Waals surface area contributed by atoms with Crippen LogP contribution in [0.3, 0.4) is 0 Å². The van der Waals surface area contributed by atoms with E-state index in [0.717, 1.165) is 18.5 Å². The van der Waals surface area contributed by atoms with E-state index in [1.165, 1.54) is 0 Å². The lowest BCUT2D eigenvalue weighted by Crippen LogP contribution is -2.46. The van der Waals surface area contributed by atoms with Crippen molar-refractivity contribution in [1.29, 1.82) is 0 Å². The zero-order valence-electron chi connectivity index (χ0n) is 16.8. The van der Waals surface area contributed by atoms with Crippen molar-refractivity contribution >= 4 is 46.6 Å². The van der Waals surface area contributed by atoms with Gasteiger partial charge in [-0.25, -0.2) is 0 Å². The maximum absolute atomic E-state index is 12.5. The highest BCUT2D eigenvalue weighted by Gasteiger charge is 2.23. The van der Waals surface area contributed by atoms with E-state index < -0.39 is 23.8 Å². The van der Waals surface area contributed by atoms with Crippen LogP contribution in [0.4, 0.5) is 11.4 Å². The van der Waals surface area contributed by atoms with Crippen molar-refractivity contribution in [3.8, 4) is 0 Å². The van der Waals surface area contributed by atoms with Crippen LogP contribution < -0.4 is 21.3 Å². The number of piperidine rings is 1. The van der Waals surface area contributed by atoms with Crippen LogP contribution in [0.2, 0.25) is 5.02 Å². The Bertz CT molecular complexity index is 976. The number of hydrogen-bond acceptors (Lipinski definition) is 4. The van der Waals surface area contributed by atoms with E-state index in [0.29, 0.717) is 23.7 Å². The third kappa shape index (κ3) is 6.05. The van der Waals surface area contributed by atoms with Gasteiger partial charge in [0.15, 0.2) is 0 Å².